The zero-order valence-corrected chi connectivity index (χ0v) is 15.3. The number of hydrogen-bond donors (Lipinski definition) is 2. The number of nitrogens with one attached hydrogen (secondary N) is 2. The van der Waals surface area contributed by atoms with Crippen molar-refractivity contribution < 1.29 is 19.1 Å². The summed E-state index contributed by atoms with van der Waals surface area (Å²) in [4.78, 5) is 39.2. The lowest BCUT2D eigenvalue weighted by Crippen LogP contribution is -2.42. The zero-order valence-electron chi connectivity index (χ0n) is 15.3. The van der Waals surface area contributed by atoms with Gasteiger partial charge in [0.15, 0.2) is 0 Å². The van der Waals surface area contributed by atoms with Gasteiger partial charge in [-0.25, -0.2) is 15.1 Å². The molecule has 0 bridgehead atoms. The summed E-state index contributed by atoms with van der Waals surface area (Å²) < 4.78 is 5.29. The van der Waals surface area contributed by atoms with E-state index in [1.54, 1.807) is 12.1 Å². The molecule has 0 spiro atoms. The van der Waals surface area contributed by atoms with E-state index in [9.17, 15) is 14.4 Å². The molecule has 0 radical (unpaired) electrons. The van der Waals surface area contributed by atoms with Gasteiger partial charge >= 0.3 is 5.97 Å². The van der Waals surface area contributed by atoms with Gasteiger partial charge in [0.2, 0.25) is 0 Å². The Kier molecular flexibility index (Phi) is 4.67. The second-order valence-corrected chi connectivity index (χ2v) is 6.55. The fourth-order valence-corrected chi connectivity index (χ4v) is 3.27. The highest BCUT2D eigenvalue weighted by Gasteiger charge is 2.50. The molecule has 0 aliphatic carbocycles. The lowest BCUT2D eigenvalue weighted by atomic mass is 10.1. The van der Waals surface area contributed by atoms with Gasteiger partial charge in [0.1, 0.15) is 18.3 Å². The lowest BCUT2D eigenvalue weighted by molar-refractivity contribution is -0.141. The normalized spacial score (nSPS) is 18.3. The molecule has 2 heterocycles. The van der Waals surface area contributed by atoms with Gasteiger partial charge in [-0.05, 0) is 29.7 Å². The van der Waals surface area contributed by atoms with Gasteiger partial charge in [0.05, 0.1) is 11.3 Å². The number of carbonyl (C=O) groups excluding carboxylic acids is 3. The lowest BCUT2D eigenvalue weighted by Gasteiger charge is -2.16. The largest absolute Gasteiger partial charge is 0.456 e. The summed E-state index contributed by atoms with van der Waals surface area (Å²) in [7, 11) is 0. The average molecular weight is 377 g/mol. The Morgan fingerprint density at radius 2 is 1.75 bits per heavy atom. The molecule has 2 aromatic rings. The Balaban J connectivity index is 1.56. The number of esters is 1. The van der Waals surface area contributed by atoms with Gasteiger partial charge in [-0.2, -0.15) is 0 Å². The fourth-order valence-electron chi connectivity index (χ4n) is 3.27. The van der Waals surface area contributed by atoms with Crippen LogP contribution in [0, 0.1) is 0 Å². The molecule has 1 unspecified atom stereocenters. The van der Waals surface area contributed by atoms with Gasteiger partial charge in [-0.15, -0.1) is 0 Å². The highest BCUT2D eigenvalue weighted by Crippen LogP contribution is 2.30. The predicted molar refractivity (Wildman–Crippen MR) is 102 cm³/mol. The van der Waals surface area contributed by atoms with Crippen molar-refractivity contribution in [1.29, 1.82) is 0 Å². The van der Waals surface area contributed by atoms with Gasteiger partial charge in [-0.1, -0.05) is 49.4 Å². The Hall–Kier alpha value is -3.45. The van der Waals surface area contributed by atoms with Crippen molar-refractivity contribution in [2.45, 2.75) is 26.0 Å². The van der Waals surface area contributed by atoms with Gasteiger partial charge in [0.25, 0.3) is 11.8 Å². The molecule has 2 aliphatic rings. The van der Waals surface area contributed by atoms with Crippen molar-refractivity contribution in [3.63, 3.8) is 0 Å². The van der Waals surface area contributed by atoms with Crippen molar-refractivity contribution in [1.82, 2.24) is 10.9 Å². The number of aryl methyl sites for hydroxylation is 1. The molecule has 1 saturated heterocycles. The van der Waals surface area contributed by atoms with Gasteiger partial charge < -0.3 is 10.2 Å². The summed E-state index contributed by atoms with van der Waals surface area (Å²) in [5.74, 6) is -1.63. The molecule has 7 nitrogen and oxygen atoms in total. The van der Waals surface area contributed by atoms with Crippen molar-refractivity contribution in [2.75, 3.05) is 4.90 Å². The number of fused-ring (bicyclic) bond motifs is 1. The molecular weight excluding hydrogens is 358 g/mol. The van der Waals surface area contributed by atoms with E-state index in [1.807, 2.05) is 49.4 Å². The van der Waals surface area contributed by atoms with E-state index in [4.69, 9.17) is 4.74 Å². The standard InChI is InChI=1S/C21H19N3O4/c1-2-13-8-10-15(11-9-13)24-19(25)16-17(20(24)26)22-23-18(16)21(27)28-12-14-6-4-3-5-7-14/h3-11,17,22-23H,2,12H2,1H3. The number of anilines is 1. The number of ether oxygens (including phenoxy) is 1. The zero-order chi connectivity index (χ0) is 19.7. The average Bonchev–Trinajstić information content (AvgIpc) is 3.27. The predicted octanol–water partition coefficient (Wildman–Crippen LogP) is 1.60. The minimum atomic E-state index is -0.905. The quantitative estimate of drug-likeness (QED) is 0.608. The number of hydrogen-bond acceptors (Lipinski definition) is 6. The first-order valence-electron chi connectivity index (χ1n) is 9.04. The van der Waals surface area contributed by atoms with E-state index in [0.717, 1.165) is 22.4 Å². The highest BCUT2D eigenvalue weighted by atomic mass is 16.5. The maximum absolute atomic E-state index is 12.9. The third kappa shape index (κ3) is 3.05. The molecule has 2 aromatic carbocycles. The maximum Gasteiger partial charge on any atom is 0.356 e. The summed E-state index contributed by atoms with van der Waals surface area (Å²) in [6.45, 7) is 2.10. The molecule has 142 valence electrons. The second kappa shape index (κ2) is 7.28. The van der Waals surface area contributed by atoms with Crippen LogP contribution in [-0.2, 0) is 32.1 Å². The van der Waals surface area contributed by atoms with Crippen LogP contribution in [0.4, 0.5) is 5.69 Å². The van der Waals surface area contributed by atoms with E-state index < -0.39 is 23.8 Å². The van der Waals surface area contributed by atoms with Crippen LogP contribution in [0.1, 0.15) is 18.1 Å². The number of rotatable bonds is 5. The minimum absolute atomic E-state index is 0.0213. The topological polar surface area (TPSA) is 87.7 Å². The molecule has 0 saturated carbocycles. The summed E-state index contributed by atoms with van der Waals surface area (Å²) in [5, 5.41) is 0. The number of imide groups is 1. The molecule has 0 aromatic heterocycles. The van der Waals surface area contributed by atoms with Crippen molar-refractivity contribution in [3.8, 4) is 0 Å². The molecule has 2 amide bonds. The smallest absolute Gasteiger partial charge is 0.356 e. The van der Waals surface area contributed by atoms with Crippen molar-refractivity contribution in [3.05, 3.63) is 77.0 Å². The monoisotopic (exact) mass is 377 g/mol. The van der Waals surface area contributed by atoms with E-state index >= 15 is 0 Å². The highest BCUT2D eigenvalue weighted by molar-refractivity contribution is 6.32. The Bertz CT molecular complexity index is 967. The minimum Gasteiger partial charge on any atom is -0.456 e. The van der Waals surface area contributed by atoms with Crippen LogP contribution in [0.5, 0.6) is 0 Å². The van der Waals surface area contributed by atoms with E-state index in [1.165, 1.54) is 0 Å². The Labute approximate surface area is 161 Å². The molecule has 4 rings (SSSR count). The van der Waals surface area contributed by atoms with Crippen LogP contribution in [0.15, 0.2) is 65.9 Å². The maximum atomic E-state index is 12.9. The van der Waals surface area contributed by atoms with Gasteiger partial charge in [0, 0.05) is 0 Å². The first kappa shape index (κ1) is 17.9. The number of carbonyl (C=O) groups is 3. The number of benzene rings is 2. The third-order valence-corrected chi connectivity index (χ3v) is 4.82. The van der Waals surface area contributed by atoms with Gasteiger partial charge in [-0.3, -0.25) is 9.59 Å². The molecule has 1 fully saturated rings. The Morgan fingerprint density at radius 1 is 1.04 bits per heavy atom. The first-order valence-corrected chi connectivity index (χ1v) is 9.04. The SMILES string of the molecule is CCc1ccc(N2C(=O)C3=C(C(=O)OCc4ccccc4)NNC3C2=O)cc1. The van der Waals surface area contributed by atoms with Crippen LogP contribution >= 0.6 is 0 Å². The molecule has 1 atom stereocenters. The summed E-state index contributed by atoms with van der Waals surface area (Å²) in [6, 6.07) is 15.5. The molecule has 28 heavy (non-hydrogen) atoms. The van der Waals surface area contributed by atoms with E-state index in [0.29, 0.717) is 5.69 Å². The second-order valence-electron chi connectivity index (χ2n) is 6.55. The number of amides is 2. The van der Waals surface area contributed by atoms with Crippen LogP contribution < -0.4 is 15.8 Å². The molecular formula is C21H19N3O4. The first-order chi connectivity index (χ1) is 13.6. The van der Waals surface area contributed by atoms with Crippen LogP contribution in [-0.4, -0.2) is 23.8 Å². The van der Waals surface area contributed by atoms with Crippen LogP contribution in [0.25, 0.3) is 0 Å². The third-order valence-electron chi connectivity index (χ3n) is 4.82. The van der Waals surface area contributed by atoms with E-state index in [-0.39, 0.29) is 17.9 Å². The van der Waals surface area contributed by atoms with Crippen LogP contribution in [0.2, 0.25) is 0 Å². The molecule has 2 N–H and O–H groups in total. The van der Waals surface area contributed by atoms with Crippen molar-refractivity contribution >= 4 is 23.5 Å². The number of hydrazine groups is 1. The van der Waals surface area contributed by atoms with Crippen LogP contribution in [0.3, 0.4) is 0 Å². The molecule has 7 heteroatoms. The Morgan fingerprint density at radius 3 is 2.43 bits per heavy atom. The fraction of sp³-hybridized carbons (Fsp3) is 0.190. The summed E-state index contributed by atoms with van der Waals surface area (Å²) >= 11 is 0. The molecule has 2 aliphatic heterocycles. The van der Waals surface area contributed by atoms with E-state index in [2.05, 4.69) is 10.9 Å². The number of nitrogens with zero attached hydrogens (tertiary/aromatic N) is 1. The van der Waals surface area contributed by atoms with Crippen molar-refractivity contribution in [2.24, 2.45) is 0 Å². The summed E-state index contributed by atoms with van der Waals surface area (Å²) in [5.41, 5.74) is 7.82. The summed E-state index contributed by atoms with van der Waals surface area (Å²) in [6.07, 6.45) is 0.860.